The number of para-hydroxylation sites is 1. The third kappa shape index (κ3) is 3.08. The minimum atomic E-state index is -0.715. The molecule has 0 unspecified atom stereocenters. The van der Waals surface area contributed by atoms with Crippen LogP contribution in [0.1, 0.15) is 5.56 Å². The molecule has 100 valence electrons. The Hall–Kier alpha value is -1.52. The smallest absolute Gasteiger partial charge is 0.149 e. The van der Waals surface area contributed by atoms with E-state index in [0.29, 0.717) is 10.6 Å². The van der Waals surface area contributed by atoms with Gasteiger partial charge in [-0.3, -0.25) is 0 Å². The summed E-state index contributed by atoms with van der Waals surface area (Å²) >= 11 is 11.5. The molecule has 0 aliphatic rings. The Bertz CT molecular complexity index is 600. The highest BCUT2D eigenvalue weighted by atomic mass is 35.5. The monoisotopic (exact) mass is 303 g/mol. The molecule has 2 nitrogen and oxygen atoms in total. The summed E-state index contributed by atoms with van der Waals surface area (Å²) in [5.41, 5.74) is 0.0816. The third-order valence-corrected chi connectivity index (χ3v) is 3.03. The first-order valence-corrected chi connectivity index (χ1v) is 6.09. The first kappa shape index (κ1) is 13.9. The minimum Gasteiger partial charge on any atom is -0.506 e. The molecule has 0 radical (unpaired) electrons. The van der Waals surface area contributed by atoms with E-state index in [1.165, 1.54) is 18.2 Å². The molecular weight excluding hydrogens is 295 g/mol. The zero-order chi connectivity index (χ0) is 14.0. The van der Waals surface area contributed by atoms with Gasteiger partial charge in [0, 0.05) is 17.1 Å². The molecule has 0 aliphatic heterocycles. The second-order valence-electron chi connectivity index (χ2n) is 3.85. The average molecular weight is 304 g/mol. The van der Waals surface area contributed by atoms with Gasteiger partial charge in [-0.1, -0.05) is 29.3 Å². The molecule has 0 bridgehead atoms. The summed E-state index contributed by atoms with van der Waals surface area (Å²) in [5, 5.41) is 12.7. The number of phenols is 1. The Morgan fingerprint density at radius 1 is 1.11 bits per heavy atom. The van der Waals surface area contributed by atoms with E-state index < -0.39 is 11.6 Å². The molecule has 2 rings (SSSR count). The molecule has 0 saturated carbocycles. The lowest BCUT2D eigenvalue weighted by atomic mass is 10.2. The van der Waals surface area contributed by atoms with Gasteiger partial charge < -0.3 is 10.4 Å². The number of halogens is 4. The van der Waals surface area contributed by atoms with Crippen molar-refractivity contribution in [3.63, 3.8) is 0 Å². The van der Waals surface area contributed by atoms with E-state index in [4.69, 9.17) is 23.2 Å². The molecule has 0 heterocycles. The van der Waals surface area contributed by atoms with Gasteiger partial charge in [-0.2, -0.15) is 0 Å². The standard InChI is InChI=1S/C13H9Cl2F2NO/c14-8-4-7(13(19)9(15)5-8)6-18-12-10(16)2-1-3-11(12)17/h1-5,18-19H,6H2. The van der Waals surface area contributed by atoms with E-state index in [9.17, 15) is 13.9 Å². The van der Waals surface area contributed by atoms with E-state index in [2.05, 4.69) is 5.32 Å². The van der Waals surface area contributed by atoms with Crippen molar-refractivity contribution in [1.82, 2.24) is 0 Å². The number of nitrogens with one attached hydrogen (secondary N) is 1. The predicted octanol–water partition coefficient (Wildman–Crippen LogP) is 4.59. The van der Waals surface area contributed by atoms with Gasteiger partial charge in [0.1, 0.15) is 23.1 Å². The van der Waals surface area contributed by atoms with Crippen molar-refractivity contribution in [3.8, 4) is 5.75 Å². The summed E-state index contributed by atoms with van der Waals surface area (Å²) in [6, 6.07) is 6.39. The Labute approximate surface area is 118 Å². The zero-order valence-electron chi connectivity index (χ0n) is 9.55. The van der Waals surface area contributed by atoms with Crippen molar-refractivity contribution in [2.45, 2.75) is 6.54 Å². The van der Waals surface area contributed by atoms with E-state index in [1.807, 2.05) is 0 Å². The van der Waals surface area contributed by atoms with E-state index >= 15 is 0 Å². The number of phenolic OH excluding ortho intramolecular Hbond substituents is 1. The lowest BCUT2D eigenvalue weighted by Crippen LogP contribution is -2.04. The van der Waals surface area contributed by atoms with Crippen LogP contribution in [0.4, 0.5) is 14.5 Å². The van der Waals surface area contributed by atoms with Crippen molar-refractivity contribution < 1.29 is 13.9 Å². The van der Waals surface area contributed by atoms with Crippen molar-refractivity contribution >= 4 is 28.9 Å². The molecule has 6 heteroatoms. The number of rotatable bonds is 3. The molecule has 0 amide bonds. The number of aromatic hydroxyl groups is 1. The first-order chi connectivity index (χ1) is 8.99. The maximum Gasteiger partial charge on any atom is 0.149 e. The predicted molar refractivity (Wildman–Crippen MR) is 71.8 cm³/mol. The topological polar surface area (TPSA) is 32.3 Å². The van der Waals surface area contributed by atoms with Crippen LogP contribution in [0.15, 0.2) is 30.3 Å². The van der Waals surface area contributed by atoms with Gasteiger partial charge >= 0.3 is 0 Å². The van der Waals surface area contributed by atoms with Crippen LogP contribution in [-0.2, 0) is 6.54 Å². The normalized spacial score (nSPS) is 10.5. The van der Waals surface area contributed by atoms with E-state index in [-0.39, 0.29) is 23.0 Å². The summed E-state index contributed by atoms with van der Waals surface area (Å²) in [5.74, 6) is -1.60. The average Bonchev–Trinajstić information content (AvgIpc) is 2.34. The molecule has 2 aromatic rings. The van der Waals surface area contributed by atoms with Crippen LogP contribution in [0.5, 0.6) is 5.75 Å². The van der Waals surface area contributed by atoms with Crippen LogP contribution in [0.25, 0.3) is 0 Å². The molecule has 2 aromatic carbocycles. The second kappa shape index (κ2) is 5.63. The van der Waals surface area contributed by atoms with Gasteiger partial charge in [-0.25, -0.2) is 8.78 Å². The quantitative estimate of drug-likeness (QED) is 0.869. The maximum atomic E-state index is 13.4. The van der Waals surface area contributed by atoms with Crippen molar-refractivity contribution in [3.05, 3.63) is 57.6 Å². The zero-order valence-corrected chi connectivity index (χ0v) is 11.1. The van der Waals surface area contributed by atoms with Gasteiger partial charge in [0.25, 0.3) is 0 Å². The molecular formula is C13H9Cl2F2NO. The largest absolute Gasteiger partial charge is 0.506 e. The van der Waals surface area contributed by atoms with Gasteiger partial charge in [0.2, 0.25) is 0 Å². The SMILES string of the molecule is Oc1c(Cl)cc(Cl)cc1CNc1c(F)cccc1F. The lowest BCUT2D eigenvalue weighted by Gasteiger charge is -2.11. The van der Waals surface area contributed by atoms with Crippen LogP contribution in [-0.4, -0.2) is 5.11 Å². The fraction of sp³-hybridized carbons (Fsp3) is 0.0769. The van der Waals surface area contributed by atoms with Crippen molar-refractivity contribution in [1.29, 1.82) is 0 Å². The number of hydrogen-bond acceptors (Lipinski definition) is 2. The van der Waals surface area contributed by atoms with Gasteiger partial charge in [-0.05, 0) is 24.3 Å². The first-order valence-electron chi connectivity index (χ1n) is 5.34. The van der Waals surface area contributed by atoms with E-state index in [1.54, 1.807) is 0 Å². The highest BCUT2D eigenvalue weighted by Crippen LogP contribution is 2.32. The number of anilines is 1. The van der Waals surface area contributed by atoms with Crippen molar-refractivity contribution in [2.75, 3.05) is 5.32 Å². The summed E-state index contributed by atoms with van der Waals surface area (Å²) in [6.45, 7) is -0.00995. The molecule has 0 aromatic heterocycles. The Balaban J connectivity index is 2.24. The van der Waals surface area contributed by atoms with Crippen LogP contribution in [0.3, 0.4) is 0 Å². The van der Waals surface area contributed by atoms with Gasteiger partial charge in [0.15, 0.2) is 0 Å². The molecule has 0 aliphatic carbocycles. The summed E-state index contributed by atoms with van der Waals surface area (Å²) in [7, 11) is 0. The number of hydrogen-bond donors (Lipinski definition) is 2. The second-order valence-corrected chi connectivity index (χ2v) is 4.69. The highest BCUT2D eigenvalue weighted by molar-refractivity contribution is 6.35. The van der Waals surface area contributed by atoms with Crippen LogP contribution < -0.4 is 5.32 Å². The molecule has 19 heavy (non-hydrogen) atoms. The Morgan fingerprint density at radius 2 is 1.74 bits per heavy atom. The molecule has 0 fully saturated rings. The maximum absolute atomic E-state index is 13.4. The highest BCUT2D eigenvalue weighted by Gasteiger charge is 2.11. The molecule has 0 spiro atoms. The molecule has 0 saturated heterocycles. The fourth-order valence-corrected chi connectivity index (χ4v) is 2.14. The summed E-state index contributed by atoms with van der Waals surface area (Å²) in [6.07, 6.45) is 0. The summed E-state index contributed by atoms with van der Waals surface area (Å²) < 4.78 is 26.8. The van der Waals surface area contributed by atoms with Crippen LogP contribution in [0.2, 0.25) is 10.0 Å². The third-order valence-electron chi connectivity index (χ3n) is 2.53. The van der Waals surface area contributed by atoms with E-state index in [0.717, 1.165) is 12.1 Å². The lowest BCUT2D eigenvalue weighted by molar-refractivity contribution is 0.469. The van der Waals surface area contributed by atoms with Crippen LogP contribution in [0, 0.1) is 11.6 Å². The van der Waals surface area contributed by atoms with Gasteiger partial charge in [0.05, 0.1) is 5.02 Å². The van der Waals surface area contributed by atoms with Gasteiger partial charge in [-0.15, -0.1) is 0 Å². The Kier molecular flexibility index (Phi) is 4.12. The van der Waals surface area contributed by atoms with Crippen LogP contribution >= 0.6 is 23.2 Å². The number of benzene rings is 2. The Morgan fingerprint density at radius 3 is 2.37 bits per heavy atom. The molecule has 2 N–H and O–H groups in total. The summed E-state index contributed by atoms with van der Waals surface area (Å²) in [4.78, 5) is 0. The fourth-order valence-electron chi connectivity index (χ4n) is 1.60. The molecule has 0 atom stereocenters. The minimum absolute atomic E-state index is 0.00995. The van der Waals surface area contributed by atoms with Crippen molar-refractivity contribution in [2.24, 2.45) is 0 Å².